The van der Waals surface area contributed by atoms with Gasteiger partial charge >= 0.3 is 0 Å². The summed E-state index contributed by atoms with van der Waals surface area (Å²) in [5, 5.41) is 20.6. The number of carbonyl (C=O) groups excluding carboxylic acids is 1. The third-order valence-electron chi connectivity index (χ3n) is 5.89. The Bertz CT molecular complexity index is 973. The molecule has 0 saturated heterocycles. The molecule has 1 fully saturated rings. The molecule has 8 heteroatoms. The first-order valence-electron chi connectivity index (χ1n) is 10.7. The number of imidazole rings is 1. The van der Waals surface area contributed by atoms with Gasteiger partial charge in [0, 0.05) is 54.4 Å². The number of aromatic nitrogens is 3. The molecule has 31 heavy (non-hydrogen) atoms. The average Bonchev–Trinajstić information content (AvgIpc) is 3.51. The van der Waals surface area contributed by atoms with Gasteiger partial charge in [0.2, 0.25) is 5.91 Å². The number of nitrogens with zero attached hydrogens (tertiary/aromatic N) is 2. The first kappa shape index (κ1) is 21.7. The van der Waals surface area contributed by atoms with E-state index in [1.165, 1.54) is 0 Å². The number of hydrogen-bond acceptors (Lipinski definition) is 6. The van der Waals surface area contributed by atoms with Crippen LogP contribution in [0.25, 0.3) is 0 Å². The lowest BCUT2D eigenvalue weighted by Crippen LogP contribution is -2.36. The number of aliphatic hydroxyl groups excluding tert-OH is 1. The molecule has 4 N–H and O–H groups in total. The second kappa shape index (κ2) is 9.72. The van der Waals surface area contributed by atoms with Gasteiger partial charge in [-0.1, -0.05) is 44.2 Å². The number of carbonyl (C=O) groups is 1. The molecule has 0 bridgehead atoms. The van der Waals surface area contributed by atoms with E-state index in [2.05, 4.69) is 39.4 Å². The molecule has 1 aliphatic carbocycles. The van der Waals surface area contributed by atoms with Crippen molar-refractivity contribution in [2.45, 2.75) is 57.3 Å². The van der Waals surface area contributed by atoms with Gasteiger partial charge in [0.05, 0.1) is 12.0 Å². The van der Waals surface area contributed by atoms with Gasteiger partial charge in [0.15, 0.2) is 0 Å². The smallest absolute Gasteiger partial charge is 0.226 e. The Morgan fingerprint density at radius 3 is 2.74 bits per heavy atom. The molecular weight excluding hydrogens is 410 g/mol. The van der Waals surface area contributed by atoms with Crippen LogP contribution < -0.4 is 10.6 Å². The van der Waals surface area contributed by atoms with Gasteiger partial charge in [0.25, 0.3) is 0 Å². The molecular formula is C23H29N5O2S. The van der Waals surface area contributed by atoms with Gasteiger partial charge in [-0.25, -0.2) is 9.97 Å². The number of rotatable bonds is 8. The molecule has 2 heterocycles. The highest BCUT2D eigenvalue weighted by molar-refractivity contribution is 7.09. The molecule has 4 atom stereocenters. The predicted octanol–water partition coefficient (Wildman–Crippen LogP) is 2.93. The van der Waals surface area contributed by atoms with E-state index in [0.717, 1.165) is 22.1 Å². The Morgan fingerprint density at radius 2 is 2.06 bits per heavy atom. The lowest BCUT2D eigenvalue weighted by molar-refractivity contribution is -0.127. The van der Waals surface area contributed by atoms with E-state index in [-0.39, 0.29) is 23.8 Å². The van der Waals surface area contributed by atoms with Crippen molar-refractivity contribution in [2.75, 3.05) is 0 Å². The fourth-order valence-corrected chi connectivity index (χ4v) is 4.78. The van der Waals surface area contributed by atoms with E-state index in [1.54, 1.807) is 23.7 Å². The van der Waals surface area contributed by atoms with Crippen molar-refractivity contribution in [3.63, 3.8) is 0 Å². The minimum Gasteiger partial charge on any atom is -0.392 e. The topological polar surface area (TPSA) is 103 Å². The van der Waals surface area contributed by atoms with Crippen molar-refractivity contribution in [2.24, 2.45) is 5.92 Å². The van der Waals surface area contributed by atoms with Crippen molar-refractivity contribution >= 4 is 17.2 Å². The molecule has 1 amide bonds. The Kier molecular flexibility index (Phi) is 6.80. The van der Waals surface area contributed by atoms with Crippen LogP contribution >= 0.6 is 11.3 Å². The van der Waals surface area contributed by atoms with Crippen molar-refractivity contribution in [1.82, 2.24) is 25.6 Å². The summed E-state index contributed by atoms with van der Waals surface area (Å²) in [6.45, 7) is 5.21. The van der Waals surface area contributed by atoms with Crippen LogP contribution in [0.5, 0.6) is 0 Å². The summed E-state index contributed by atoms with van der Waals surface area (Å²) in [6.07, 6.45) is 3.33. The van der Waals surface area contributed by atoms with Gasteiger partial charge in [-0.05, 0) is 12.0 Å². The summed E-state index contributed by atoms with van der Waals surface area (Å²) in [5.41, 5.74) is 1.90. The highest BCUT2D eigenvalue weighted by atomic mass is 32.1. The first-order valence-corrected chi connectivity index (χ1v) is 11.6. The number of thiazole rings is 1. The summed E-state index contributed by atoms with van der Waals surface area (Å²) >= 11 is 1.59. The summed E-state index contributed by atoms with van der Waals surface area (Å²) in [5.74, 6) is 0.293. The van der Waals surface area contributed by atoms with Gasteiger partial charge in [0.1, 0.15) is 10.8 Å². The zero-order chi connectivity index (χ0) is 21.8. The van der Waals surface area contributed by atoms with Gasteiger partial charge < -0.3 is 20.7 Å². The van der Waals surface area contributed by atoms with Crippen molar-refractivity contribution in [1.29, 1.82) is 0 Å². The fourth-order valence-electron chi connectivity index (χ4n) is 4.21. The van der Waals surface area contributed by atoms with Crippen LogP contribution in [0.3, 0.4) is 0 Å². The zero-order valence-electron chi connectivity index (χ0n) is 17.8. The molecule has 1 saturated carbocycles. The van der Waals surface area contributed by atoms with E-state index in [1.807, 2.05) is 35.7 Å². The third-order valence-corrected chi connectivity index (χ3v) is 6.67. The van der Waals surface area contributed by atoms with Gasteiger partial charge in [-0.15, -0.1) is 11.3 Å². The predicted molar refractivity (Wildman–Crippen MR) is 121 cm³/mol. The van der Waals surface area contributed by atoms with Crippen LogP contribution in [0, 0.1) is 5.92 Å². The summed E-state index contributed by atoms with van der Waals surface area (Å²) < 4.78 is 0. The Labute approximate surface area is 186 Å². The second-order valence-electron chi connectivity index (χ2n) is 8.35. The summed E-state index contributed by atoms with van der Waals surface area (Å²) in [6, 6.07) is 9.74. The molecule has 1 aromatic carbocycles. The number of aliphatic hydroxyl groups is 1. The Hall–Kier alpha value is -2.55. The molecule has 164 valence electrons. The van der Waals surface area contributed by atoms with E-state index in [4.69, 9.17) is 0 Å². The van der Waals surface area contributed by atoms with Crippen LogP contribution in [-0.2, 0) is 17.9 Å². The highest BCUT2D eigenvalue weighted by Crippen LogP contribution is 2.39. The Morgan fingerprint density at radius 1 is 1.26 bits per heavy atom. The van der Waals surface area contributed by atoms with Crippen LogP contribution in [0.15, 0.2) is 48.1 Å². The number of aromatic amines is 1. The third kappa shape index (κ3) is 5.03. The first-order chi connectivity index (χ1) is 15.0. The molecule has 1 aliphatic rings. The van der Waals surface area contributed by atoms with Crippen molar-refractivity contribution in [3.8, 4) is 0 Å². The van der Waals surface area contributed by atoms with Crippen molar-refractivity contribution in [3.05, 3.63) is 70.2 Å². The largest absolute Gasteiger partial charge is 0.392 e. The van der Waals surface area contributed by atoms with Crippen molar-refractivity contribution < 1.29 is 9.90 Å². The van der Waals surface area contributed by atoms with Gasteiger partial charge in [-0.2, -0.15) is 0 Å². The number of H-pyrrole nitrogens is 1. The lowest BCUT2D eigenvalue weighted by Gasteiger charge is -2.22. The fraction of sp³-hybridized carbons (Fsp3) is 0.435. The van der Waals surface area contributed by atoms with E-state index < -0.39 is 12.0 Å². The monoisotopic (exact) mass is 439 g/mol. The second-order valence-corrected chi connectivity index (χ2v) is 9.33. The molecule has 0 unspecified atom stereocenters. The molecule has 0 aliphatic heterocycles. The maximum atomic E-state index is 13.0. The van der Waals surface area contributed by atoms with Crippen LogP contribution in [-0.4, -0.2) is 38.1 Å². The quantitative estimate of drug-likeness (QED) is 0.432. The minimum absolute atomic E-state index is 0.0631. The van der Waals surface area contributed by atoms with Crippen LogP contribution in [0.4, 0.5) is 0 Å². The minimum atomic E-state index is -0.801. The summed E-state index contributed by atoms with van der Waals surface area (Å²) in [4.78, 5) is 25.1. The Balaban J connectivity index is 1.49. The maximum Gasteiger partial charge on any atom is 0.226 e. The number of hydrogen-bond donors (Lipinski definition) is 4. The van der Waals surface area contributed by atoms with Crippen LogP contribution in [0.2, 0.25) is 0 Å². The lowest BCUT2D eigenvalue weighted by atomic mass is 9.96. The van der Waals surface area contributed by atoms with E-state index in [9.17, 15) is 9.90 Å². The molecule has 0 radical (unpaired) electrons. The normalized spacial score (nSPS) is 23.4. The van der Waals surface area contributed by atoms with Gasteiger partial charge in [-0.3, -0.25) is 4.79 Å². The number of benzene rings is 1. The number of amides is 1. The maximum absolute atomic E-state index is 13.0. The number of nitrogens with one attached hydrogen (secondary N) is 3. The molecule has 7 nitrogen and oxygen atoms in total. The van der Waals surface area contributed by atoms with E-state index >= 15 is 0 Å². The zero-order valence-corrected chi connectivity index (χ0v) is 18.6. The highest BCUT2D eigenvalue weighted by Gasteiger charge is 2.47. The molecule has 4 rings (SSSR count). The summed E-state index contributed by atoms with van der Waals surface area (Å²) in [7, 11) is 0. The SMILES string of the molecule is CC(C)c1ncc([C@@H]2[C@H](O)[C@@H](C(=O)NCc3ccccc3)C[C@H]2NCc2nccs2)[nH]1. The molecule has 0 spiro atoms. The molecule has 3 aromatic rings. The van der Waals surface area contributed by atoms with Crippen LogP contribution in [0.1, 0.15) is 54.2 Å². The molecule has 2 aromatic heterocycles. The standard InChI is InChI=1S/C23H29N5O2S/c1-14(2)22-26-12-18(28-22)20-17(25-13-19-24-8-9-31-19)10-16(21(20)29)23(30)27-11-15-6-4-3-5-7-15/h3-9,12,14,16-17,20-21,25,29H,10-11,13H2,1-2H3,(H,26,28)(H,27,30)/t16-,17+,20+,21+/m0/s1. The average molecular weight is 440 g/mol. The van der Waals surface area contributed by atoms with E-state index in [0.29, 0.717) is 19.5 Å².